The van der Waals surface area contributed by atoms with Crippen molar-refractivity contribution in [2.45, 2.75) is 32.0 Å². The van der Waals surface area contributed by atoms with Crippen molar-refractivity contribution in [1.29, 1.82) is 0 Å². The molecule has 82 valence electrons. The van der Waals surface area contributed by atoms with Crippen LogP contribution in [-0.4, -0.2) is 34.4 Å². The van der Waals surface area contributed by atoms with Gasteiger partial charge in [0, 0.05) is 19.3 Å². The van der Waals surface area contributed by atoms with E-state index in [4.69, 9.17) is 9.47 Å². The molecule has 0 amide bonds. The molecule has 0 aliphatic heterocycles. The van der Waals surface area contributed by atoms with Crippen LogP contribution < -0.4 is 0 Å². The first-order valence-electron chi connectivity index (χ1n) is 5.00. The molecule has 0 fully saturated rings. The van der Waals surface area contributed by atoms with E-state index in [9.17, 15) is 4.79 Å². The number of esters is 1. The van der Waals surface area contributed by atoms with Gasteiger partial charge in [-0.1, -0.05) is 13.5 Å². The van der Waals surface area contributed by atoms with Crippen molar-refractivity contribution in [3.8, 4) is 0 Å². The quantitative estimate of drug-likeness (QED) is 0.363. The molecule has 2 atom stereocenters. The van der Waals surface area contributed by atoms with Gasteiger partial charge in [-0.15, -0.1) is 0 Å². The number of ether oxygens (including phenoxy) is 2. The molecule has 4 heteroatoms. The largest absolute Gasteiger partial charge is 0.464 e. The van der Waals surface area contributed by atoms with Crippen LogP contribution in [0.1, 0.15) is 20.8 Å². The van der Waals surface area contributed by atoms with Gasteiger partial charge < -0.3 is 9.47 Å². The Morgan fingerprint density at radius 2 is 2.21 bits per heavy atom. The number of hydrogen-bond donors (Lipinski definition) is 0. The summed E-state index contributed by atoms with van der Waals surface area (Å²) in [6, 6.07) is 0. The van der Waals surface area contributed by atoms with E-state index in [0.29, 0.717) is 5.54 Å². The van der Waals surface area contributed by atoms with Crippen LogP contribution in [-0.2, 0) is 14.3 Å². The van der Waals surface area contributed by atoms with E-state index in [2.05, 4.69) is 13.5 Å². The van der Waals surface area contributed by atoms with E-state index in [1.165, 1.54) is 6.08 Å². The van der Waals surface area contributed by atoms with Crippen molar-refractivity contribution in [3.63, 3.8) is 0 Å². The third-order valence-electron chi connectivity index (χ3n) is 1.82. The summed E-state index contributed by atoms with van der Waals surface area (Å²) in [5.74, 6) is -0.325. The van der Waals surface area contributed by atoms with E-state index in [0.717, 1.165) is 13.2 Å². The van der Waals surface area contributed by atoms with Crippen molar-refractivity contribution < 1.29 is 14.3 Å². The Balaban J connectivity index is 3.64. The van der Waals surface area contributed by atoms with E-state index in [-0.39, 0.29) is 11.7 Å². The summed E-state index contributed by atoms with van der Waals surface area (Å²) >= 11 is 0. The lowest BCUT2D eigenvalue weighted by atomic mass is 10.5. The molecule has 0 aliphatic carbocycles. The summed E-state index contributed by atoms with van der Waals surface area (Å²) in [5.41, 5.74) is 0.610. The van der Waals surface area contributed by atoms with Gasteiger partial charge in [-0.3, -0.25) is 0 Å². The molecular weight excluding hydrogens is 196 g/mol. The van der Waals surface area contributed by atoms with Crippen LogP contribution in [0.4, 0.5) is 0 Å². The highest BCUT2D eigenvalue weighted by atomic mass is 28.2. The Bertz CT molecular complexity index is 182. The molecule has 0 saturated heterocycles. The van der Waals surface area contributed by atoms with Crippen LogP contribution in [0.3, 0.4) is 0 Å². The summed E-state index contributed by atoms with van der Waals surface area (Å²) in [4.78, 5) is 10.9. The van der Waals surface area contributed by atoms with Gasteiger partial charge in [0.05, 0.1) is 15.2 Å². The lowest BCUT2D eigenvalue weighted by molar-refractivity contribution is -0.139. The van der Waals surface area contributed by atoms with Crippen LogP contribution in [0.2, 0.25) is 5.54 Å². The van der Waals surface area contributed by atoms with Crippen molar-refractivity contribution in [3.05, 3.63) is 12.7 Å². The molecule has 0 N–H and O–H groups in total. The Hall–Kier alpha value is -0.613. The fourth-order valence-electron chi connectivity index (χ4n) is 1.25. The predicted octanol–water partition coefficient (Wildman–Crippen LogP) is 1.08. The number of carbonyl (C=O) groups excluding carboxylic acids is 1. The van der Waals surface area contributed by atoms with Crippen LogP contribution in [0.15, 0.2) is 12.7 Å². The minimum Gasteiger partial charge on any atom is -0.464 e. The summed E-state index contributed by atoms with van der Waals surface area (Å²) < 4.78 is 10.4. The maximum atomic E-state index is 10.9. The number of hydrogen-bond acceptors (Lipinski definition) is 3. The zero-order chi connectivity index (χ0) is 11.0. The zero-order valence-electron chi connectivity index (χ0n) is 9.29. The Morgan fingerprint density at radius 1 is 1.57 bits per heavy atom. The molecule has 0 rings (SSSR count). The minimum absolute atomic E-state index is 0.0657. The molecule has 0 saturated carbocycles. The van der Waals surface area contributed by atoms with E-state index in [1.807, 2.05) is 13.8 Å². The Labute approximate surface area is 88.3 Å². The van der Waals surface area contributed by atoms with Gasteiger partial charge in [-0.05, 0) is 19.4 Å². The molecule has 0 bridgehead atoms. The molecule has 0 aliphatic rings. The van der Waals surface area contributed by atoms with E-state index < -0.39 is 9.52 Å². The highest BCUT2D eigenvalue weighted by Gasteiger charge is 2.12. The van der Waals surface area contributed by atoms with Crippen molar-refractivity contribution in [2.24, 2.45) is 0 Å². The molecular formula is C10H20O3Si. The second-order valence-corrected chi connectivity index (χ2v) is 6.47. The smallest absolute Gasteiger partial charge is 0.330 e. The number of carbonyl (C=O) groups is 1. The van der Waals surface area contributed by atoms with E-state index in [1.54, 1.807) is 0 Å². The fraction of sp³-hybridized carbons (Fsp3) is 0.700. The first-order chi connectivity index (χ1) is 6.60. The molecule has 14 heavy (non-hydrogen) atoms. The maximum Gasteiger partial charge on any atom is 0.330 e. The van der Waals surface area contributed by atoms with Gasteiger partial charge in [-0.2, -0.15) is 0 Å². The SMILES string of the molecule is C=CC(=O)OC(C)[SiH2]C(C)COCC. The van der Waals surface area contributed by atoms with Gasteiger partial charge in [0.15, 0.2) is 0 Å². The monoisotopic (exact) mass is 216 g/mol. The summed E-state index contributed by atoms with van der Waals surface area (Å²) in [7, 11) is -0.428. The first-order valence-corrected chi connectivity index (χ1v) is 6.64. The molecule has 0 aromatic heterocycles. The first kappa shape index (κ1) is 13.4. The third-order valence-corrected chi connectivity index (χ3v) is 3.70. The van der Waals surface area contributed by atoms with Crippen LogP contribution in [0.5, 0.6) is 0 Å². The van der Waals surface area contributed by atoms with Gasteiger partial charge in [-0.25, -0.2) is 4.79 Å². The summed E-state index contributed by atoms with van der Waals surface area (Å²) in [6.07, 6.45) is 1.21. The van der Waals surface area contributed by atoms with Crippen molar-refractivity contribution >= 4 is 15.5 Å². The van der Waals surface area contributed by atoms with Crippen LogP contribution in [0, 0.1) is 0 Å². The molecule has 0 aromatic carbocycles. The average molecular weight is 216 g/mol. The standard InChI is InChI=1S/C10H20O3Si/c1-5-10(11)13-9(4)14-8(3)7-12-6-2/h5,8-9H,1,6-7,14H2,2-4H3. The summed E-state index contributed by atoms with van der Waals surface area (Å²) in [5, 5.41) is 0. The van der Waals surface area contributed by atoms with Gasteiger partial charge >= 0.3 is 5.97 Å². The van der Waals surface area contributed by atoms with E-state index >= 15 is 0 Å². The maximum absolute atomic E-state index is 10.9. The second kappa shape index (κ2) is 7.76. The zero-order valence-corrected chi connectivity index (χ0v) is 10.7. The molecule has 0 aromatic rings. The second-order valence-electron chi connectivity index (χ2n) is 3.45. The van der Waals surface area contributed by atoms with Crippen molar-refractivity contribution in [1.82, 2.24) is 0 Å². The molecule has 0 heterocycles. The minimum atomic E-state index is -0.428. The average Bonchev–Trinajstić information content (AvgIpc) is 2.14. The van der Waals surface area contributed by atoms with Gasteiger partial charge in [0.1, 0.15) is 0 Å². The van der Waals surface area contributed by atoms with Crippen LogP contribution in [0.25, 0.3) is 0 Å². The molecule has 0 spiro atoms. The highest BCUT2D eigenvalue weighted by molar-refractivity contribution is 6.39. The molecule has 2 unspecified atom stereocenters. The normalized spacial score (nSPS) is 15.4. The Morgan fingerprint density at radius 3 is 2.71 bits per heavy atom. The number of rotatable bonds is 7. The van der Waals surface area contributed by atoms with Crippen LogP contribution >= 0.6 is 0 Å². The molecule has 0 radical (unpaired) electrons. The molecule has 3 nitrogen and oxygen atoms in total. The van der Waals surface area contributed by atoms with Gasteiger partial charge in [0.25, 0.3) is 0 Å². The topological polar surface area (TPSA) is 35.5 Å². The Kier molecular flexibility index (Phi) is 7.42. The predicted molar refractivity (Wildman–Crippen MR) is 60.2 cm³/mol. The lowest BCUT2D eigenvalue weighted by Crippen LogP contribution is -2.24. The highest BCUT2D eigenvalue weighted by Crippen LogP contribution is 2.06. The third kappa shape index (κ3) is 6.86. The van der Waals surface area contributed by atoms with Crippen molar-refractivity contribution in [2.75, 3.05) is 13.2 Å². The lowest BCUT2D eigenvalue weighted by Gasteiger charge is -2.16. The summed E-state index contributed by atoms with van der Waals surface area (Å²) in [6.45, 7) is 10.9. The fourth-order valence-corrected chi connectivity index (χ4v) is 2.94. The van der Waals surface area contributed by atoms with Gasteiger partial charge in [0.2, 0.25) is 0 Å².